The summed E-state index contributed by atoms with van der Waals surface area (Å²) in [6.45, 7) is 14.9. The number of halogens is 1. The van der Waals surface area contributed by atoms with Crippen molar-refractivity contribution in [3.8, 4) is 0 Å². The molecule has 3 atom stereocenters. The molecule has 4 heterocycles. The van der Waals surface area contributed by atoms with E-state index in [0.717, 1.165) is 120 Å². The third-order valence-electron chi connectivity index (χ3n) is 11.0. The molecular weight excluding hydrogens is 740 g/mol. The van der Waals surface area contributed by atoms with E-state index in [2.05, 4.69) is 32.8 Å². The minimum Gasteiger partial charge on any atom is -0.444 e. The van der Waals surface area contributed by atoms with E-state index >= 15 is 0 Å². The number of ketones is 1. The zero-order valence-corrected chi connectivity index (χ0v) is 34.7. The predicted molar refractivity (Wildman–Crippen MR) is 218 cm³/mol. The van der Waals surface area contributed by atoms with Gasteiger partial charge in [0.25, 0.3) is 0 Å². The maximum atomic E-state index is 14.1. The van der Waals surface area contributed by atoms with Crippen LogP contribution in [-0.4, -0.2) is 115 Å². The van der Waals surface area contributed by atoms with Gasteiger partial charge in [-0.15, -0.1) is 0 Å². The summed E-state index contributed by atoms with van der Waals surface area (Å²) in [6, 6.07) is 6.83. The van der Waals surface area contributed by atoms with Crippen molar-refractivity contribution >= 4 is 50.7 Å². The second-order valence-electron chi connectivity index (χ2n) is 16.7. The molecule has 2 N–H and O–H groups in total. The van der Waals surface area contributed by atoms with Crippen molar-refractivity contribution in [2.24, 2.45) is 5.92 Å². The van der Waals surface area contributed by atoms with Crippen LogP contribution >= 0.6 is 11.6 Å². The normalized spacial score (nSPS) is 21.9. The number of Topliss-reactive ketones (excluding diaryl/α,β-unsaturated/α-hetero) is 1. The summed E-state index contributed by atoms with van der Waals surface area (Å²) in [4.78, 5) is 39.5. The van der Waals surface area contributed by atoms with E-state index in [4.69, 9.17) is 26.4 Å². The standard InChI is InChI=1S/C40H59ClN8O5S/c1-28-26-49-36(43-38(28)47-20-15-32(27-47)48(39(51)54-40(2,3)4)19-10-18-46-21-16-42-17-22-46)25-34(44-49)29-11-8-6-7-9-12-30(23-29)37(50)33-14-13-31(41)24-35(33)45-55(5,52)53/h13-14,24-26,29-30,32,42,45H,6-12,15-23,27H2,1-5H3/t29?,30-,32-/m0/s1. The number of hydrogen-bond acceptors (Lipinski definition) is 10. The van der Waals surface area contributed by atoms with Gasteiger partial charge in [-0.2, -0.15) is 5.10 Å². The molecule has 0 radical (unpaired) electrons. The largest absolute Gasteiger partial charge is 0.444 e. The van der Waals surface area contributed by atoms with Crippen molar-refractivity contribution in [2.45, 2.75) is 103 Å². The lowest BCUT2D eigenvalue weighted by atomic mass is 9.83. The molecule has 3 fully saturated rings. The van der Waals surface area contributed by atoms with Crippen LogP contribution in [0.15, 0.2) is 30.5 Å². The van der Waals surface area contributed by atoms with E-state index in [-0.39, 0.29) is 35.4 Å². The molecule has 1 saturated carbocycles. The third-order valence-corrected chi connectivity index (χ3v) is 11.8. The first-order valence-electron chi connectivity index (χ1n) is 20.0. The maximum Gasteiger partial charge on any atom is 0.410 e. The van der Waals surface area contributed by atoms with Gasteiger partial charge < -0.3 is 24.8 Å². The van der Waals surface area contributed by atoms with Gasteiger partial charge in [0.05, 0.1) is 23.7 Å². The Morgan fingerprint density at radius 2 is 1.80 bits per heavy atom. The molecule has 13 nitrogen and oxygen atoms in total. The Labute approximate surface area is 331 Å². The molecule has 2 aromatic heterocycles. The molecule has 1 unspecified atom stereocenters. The van der Waals surface area contributed by atoms with Gasteiger partial charge in [0.15, 0.2) is 11.4 Å². The Bertz CT molecular complexity index is 1930. The number of sulfonamides is 1. The second kappa shape index (κ2) is 17.8. The lowest BCUT2D eigenvalue weighted by molar-refractivity contribution is 0.0169. The van der Waals surface area contributed by atoms with Gasteiger partial charge >= 0.3 is 6.09 Å². The highest BCUT2D eigenvalue weighted by Crippen LogP contribution is 2.37. The Kier molecular flexibility index (Phi) is 13.3. The fraction of sp³-hybridized carbons (Fsp3) is 0.650. The quantitative estimate of drug-likeness (QED) is 0.207. The molecule has 2 aliphatic heterocycles. The SMILES string of the molecule is Cc1cn2nc(C3CCCCCC[C@H](C(=O)c4ccc(Cl)cc4NS(C)(=O)=O)C3)cc2nc1N1CC[C@H](N(CCCN2CCNCC2)C(=O)OC(C)(C)C)C1. The number of nitrogens with zero attached hydrogens (tertiary/aromatic N) is 6. The zero-order chi connectivity index (χ0) is 39.3. The minimum absolute atomic E-state index is 0.0119. The molecule has 0 spiro atoms. The van der Waals surface area contributed by atoms with E-state index in [1.54, 1.807) is 12.1 Å². The van der Waals surface area contributed by atoms with Gasteiger partial charge in [-0.05, 0) is 84.5 Å². The first-order chi connectivity index (χ1) is 26.1. The number of benzene rings is 1. The summed E-state index contributed by atoms with van der Waals surface area (Å²) in [5.74, 6) is 0.548. The molecule has 55 heavy (non-hydrogen) atoms. The fourth-order valence-electron chi connectivity index (χ4n) is 8.33. The molecule has 3 aromatic rings. The molecule has 2 saturated heterocycles. The van der Waals surface area contributed by atoms with Gasteiger partial charge in [-0.1, -0.05) is 37.3 Å². The van der Waals surface area contributed by atoms with Crippen LogP contribution in [0.1, 0.15) is 106 Å². The van der Waals surface area contributed by atoms with Crippen molar-refractivity contribution in [3.05, 3.63) is 52.3 Å². The molecule has 1 aromatic carbocycles. The van der Waals surface area contributed by atoms with E-state index in [9.17, 15) is 18.0 Å². The van der Waals surface area contributed by atoms with E-state index in [1.807, 2.05) is 36.4 Å². The Morgan fingerprint density at radius 1 is 1.05 bits per heavy atom. The molecule has 1 aliphatic carbocycles. The fourth-order valence-corrected chi connectivity index (χ4v) is 9.07. The number of amides is 1. The number of aromatic nitrogens is 3. The van der Waals surface area contributed by atoms with E-state index < -0.39 is 15.6 Å². The van der Waals surface area contributed by atoms with Crippen molar-refractivity contribution in [2.75, 3.05) is 68.2 Å². The highest BCUT2D eigenvalue weighted by Gasteiger charge is 2.35. The maximum absolute atomic E-state index is 14.1. The van der Waals surface area contributed by atoms with Gasteiger partial charge in [0.1, 0.15) is 11.4 Å². The lowest BCUT2D eigenvalue weighted by Gasteiger charge is -2.33. The average Bonchev–Trinajstić information content (AvgIpc) is 3.78. The first-order valence-corrected chi connectivity index (χ1v) is 22.3. The van der Waals surface area contributed by atoms with Crippen molar-refractivity contribution in [3.63, 3.8) is 0 Å². The van der Waals surface area contributed by atoms with Crippen LogP contribution in [0.25, 0.3) is 5.65 Å². The monoisotopic (exact) mass is 798 g/mol. The van der Waals surface area contributed by atoms with E-state index in [1.165, 1.54) is 6.07 Å². The number of anilines is 2. The number of carbonyl (C=O) groups is 2. The summed E-state index contributed by atoms with van der Waals surface area (Å²) in [6.07, 6.45) is 10.9. The lowest BCUT2D eigenvalue weighted by Crippen LogP contribution is -2.47. The van der Waals surface area contributed by atoms with Crippen LogP contribution in [0, 0.1) is 12.8 Å². The summed E-state index contributed by atoms with van der Waals surface area (Å²) in [5, 5.41) is 8.78. The summed E-state index contributed by atoms with van der Waals surface area (Å²) in [5.41, 5.74) is 2.63. The molecule has 302 valence electrons. The first kappa shape index (κ1) is 41.2. The number of piperazine rings is 1. The summed E-state index contributed by atoms with van der Waals surface area (Å²) in [7, 11) is -3.62. The molecular formula is C40H59ClN8O5S. The van der Waals surface area contributed by atoms with Crippen molar-refractivity contribution < 1.29 is 22.7 Å². The Hall–Kier alpha value is -3.46. The number of nitrogens with one attached hydrogen (secondary N) is 2. The number of hydrogen-bond donors (Lipinski definition) is 2. The number of rotatable bonds is 11. The van der Waals surface area contributed by atoms with Crippen LogP contribution < -0.4 is 14.9 Å². The van der Waals surface area contributed by atoms with Crippen LogP contribution in [0.2, 0.25) is 5.02 Å². The highest BCUT2D eigenvalue weighted by atomic mass is 35.5. The molecule has 1 amide bonds. The average molecular weight is 799 g/mol. The number of carbonyl (C=O) groups excluding carboxylic acids is 2. The van der Waals surface area contributed by atoms with Crippen LogP contribution in [0.5, 0.6) is 0 Å². The molecule has 6 rings (SSSR count). The van der Waals surface area contributed by atoms with Gasteiger partial charge in [0.2, 0.25) is 10.0 Å². The van der Waals surface area contributed by atoms with Gasteiger partial charge in [0, 0.05) is 86.1 Å². The van der Waals surface area contributed by atoms with Crippen LogP contribution in [-0.2, 0) is 14.8 Å². The highest BCUT2D eigenvalue weighted by molar-refractivity contribution is 7.92. The van der Waals surface area contributed by atoms with Crippen LogP contribution in [0.4, 0.5) is 16.3 Å². The minimum atomic E-state index is -3.62. The topological polar surface area (TPSA) is 141 Å². The predicted octanol–water partition coefficient (Wildman–Crippen LogP) is 6.50. The summed E-state index contributed by atoms with van der Waals surface area (Å²) >= 11 is 6.22. The van der Waals surface area contributed by atoms with Crippen molar-refractivity contribution in [1.82, 2.24) is 29.7 Å². The summed E-state index contributed by atoms with van der Waals surface area (Å²) < 4.78 is 34.6. The van der Waals surface area contributed by atoms with E-state index in [0.29, 0.717) is 30.1 Å². The van der Waals surface area contributed by atoms with Gasteiger partial charge in [-0.25, -0.2) is 22.7 Å². The number of aryl methyl sites for hydroxylation is 1. The number of fused-ring (bicyclic) bond motifs is 1. The number of ether oxygens (including phenoxy) is 1. The Morgan fingerprint density at radius 3 is 2.53 bits per heavy atom. The smallest absolute Gasteiger partial charge is 0.410 e. The third kappa shape index (κ3) is 11.1. The Balaban J connectivity index is 1.19. The molecule has 0 bridgehead atoms. The molecule has 15 heteroatoms. The molecule has 3 aliphatic rings. The zero-order valence-electron chi connectivity index (χ0n) is 33.2. The second-order valence-corrected chi connectivity index (χ2v) is 18.9. The van der Waals surface area contributed by atoms with Crippen molar-refractivity contribution in [1.29, 1.82) is 0 Å². The van der Waals surface area contributed by atoms with Gasteiger partial charge in [-0.3, -0.25) is 9.52 Å². The van der Waals surface area contributed by atoms with Crippen LogP contribution in [0.3, 0.4) is 0 Å².